The Balaban J connectivity index is 2.06. The predicted octanol–water partition coefficient (Wildman–Crippen LogP) is 0.481. The molecule has 0 saturated carbocycles. The second-order valence-electron chi connectivity index (χ2n) is 4.85. The van der Waals surface area contributed by atoms with Gasteiger partial charge >= 0.3 is 0 Å². The third-order valence-corrected chi connectivity index (χ3v) is 3.43. The molecule has 1 amide bonds. The highest BCUT2D eigenvalue weighted by Crippen LogP contribution is 2.28. The molecule has 4 N–H and O–H groups in total. The first-order chi connectivity index (χ1) is 8.56. The average Bonchev–Trinajstić information content (AvgIpc) is 2.72. The van der Waals surface area contributed by atoms with Crippen molar-refractivity contribution in [3.05, 3.63) is 29.8 Å². The SMILES string of the molecule is CC1(C(=O)Nc2ccc(CO)cc2)COCC1N. The summed E-state index contributed by atoms with van der Waals surface area (Å²) in [5.74, 6) is -0.135. The van der Waals surface area contributed by atoms with E-state index in [2.05, 4.69) is 5.32 Å². The van der Waals surface area contributed by atoms with Crippen LogP contribution >= 0.6 is 0 Å². The zero-order valence-corrected chi connectivity index (χ0v) is 10.3. The number of nitrogens with one attached hydrogen (secondary N) is 1. The normalized spacial score (nSPS) is 27.2. The van der Waals surface area contributed by atoms with Gasteiger partial charge in [0.15, 0.2) is 0 Å². The van der Waals surface area contributed by atoms with Crippen LogP contribution in [0.2, 0.25) is 0 Å². The summed E-state index contributed by atoms with van der Waals surface area (Å²) >= 11 is 0. The van der Waals surface area contributed by atoms with E-state index >= 15 is 0 Å². The first-order valence-corrected chi connectivity index (χ1v) is 5.91. The Kier molecular flexibility index (Phi) is 3.65. The molecule has 18 heavy (non-hydrogen) atoms. The van der Waals surface area contributed by atoms with Crippen LogP contribution in [0.1, 0.15) is 12.5 Å². The van der Waals surface area contributed by atoms with Crippen molar-refractivity contribution in [2.24, 2.45) is 11.1 Å². The summed E-state index contributed by atoms with van der Waals surface area (Å²) in [6.45, 7) is 2.55. The van der Waals surface area contributed by atoms with E-state index in [1.165, 1.54) is 0 Å². The van der Waals surface area contributed by atoms with Crippen molar-refractivity contribution in [2.75, 3.05) is 18.5 Å². The molecule has 5 nitrogen and oxygen atoms in total. The zero-order chi connectivity index (χ0) is 13.2. The van der Waals surface area contributed by atoms with Crippen molar-refractivity contribution in [3.8, 4) is 0 Å². The minimum absolute atomic E-state index is 0.00927. The minimum atomic E-state index is -0.685. The highest BCUT2D eigenvalue weighted by molar-refractivity contribution is 5.96. The maximum absolute atomic E-state index is 12.2. The van der Waals surface area contributed by atoms with Gasteiger partial charge in [0.2, 0.25) is 5.91 Å². The van der Waals surface area contributed by atoms with Gasteiger partial charge in [-0.25, -0.2) is 0 Å². The maximum atomic E-state index is 12.2. The quantitative estimate of drug-likeness (QED) is 0.728. The Morgan fingerprint density at radius 3 is 2.72 bits per heavy atom. The fraction of sp³-hybridized carbons (Fsp3) is 0.462. The molecule has 1 aliphatic rings. The molecule has 1 saturated heterocycles. The highest BCUT2D eigenvalue weighted by atomic mass is 16.5. The van der Waals surface area contributed by atoms with Crippen LogP contribution in [0.15, 0.2) is 24.3 Å². The van der Waals surface area contributed by atoms with Crippen LogP contribution in [0, 0.1) is 5.41 Å². The molecule has 2 rings (SSSR count). The Bertz CT molecular complexity index is 432. The molecule has 0 radical (unpaired) electrons. The fourth-order valence-corrected chi connectivity index (χ4v) is 1.89. The van der Waals surface area contributed by atoms with Crippen LogP contribution in [0.25, 0.3) is 0 Å². The average molecular weight is 250 g/mol. The Morgan fingerprint density at radius 2 is 2.22 bits per heavy atom. The van der Waals surface area contributed by atoms with Crippen LogP contribution in [-0.2, 0) is 16.1 Å². The molecule has 98 valence electrons. The van der Waals surface area contributed by atoms with Crippen LogP contribution in [0.5, 0.6) is 0 Å². The topological polar surface area (TPSA) is 84.6 Å². The lowest BCUT2D eigenvalue weighted by Gasteiger charge is -2.25. The number of benzene rings is 1. The van der Waals surface area contributed by atoms with Crippen LogP contribution in [-0.4, -0.2) is 30.3 Å². The summed E-state index contributed by atoms with van der Waals surface area (Å²) in [7, 11) is 0. The lowest BCUT2D eigenvalue weighted by atomic mass is 9.85. The highest BCUT2D eigenvalue weighted by Gasteiger charge is 2.44. The van der Waals surface area contributed by atoms with E-state index in [9.17, 15) is 4.79 Å². The van der Waals surface area contributed by atoms with Crippen molar-refractivity contribution >= 4 is 11.6 Å². The number of aliphatic hydroxyl groups excluding tert-OH is 1. The van der Waals surface area contributed by atoms with Crippen molar-refractivity contribution in [1.29, 1.82) is 0 Å². The van der Waals surface area contributed by atoms with Gasteiger partial charge in [-0.2, -0.15) is 0 Å². The van der Waals surface area contributed by atoms with E-state index in [1.54, 1.807) is 24.3 Å². The second-order valence-corrected chi connectivity index (χ2v) is 4.85. The minimum Gasteiger partial charge on any atom is -0.392 e. The summed E-state index contributed by atoms with van der Waals surface area (Å²) in [4.78, 5) is 12.2. The second kappa shape index (κ2) is 5.06. The molecule has 1 aromatic carbocycles. The standard InChI is InChI=1S/C13H18N2O3/c1-13(8-18-7-11(13)14)12(17)15-10-4-2-9(6-16)3-5-10/h2-5,11,16H,6-8,14H2,1H3,(H,15,17). The fourth-order valence-electron chi connectivity index (χ4n) is 1.89. The summed E-state index contributed by atoms with van der Waals surface area (Å²) in [5, 5.41) is 11.8. The van der Waals surface area contributed by atoms with Gasteiger partial charge in [0.25, 0.3) is 0 Å². The lowest BCUT2D eigenvalue weighted by Crippen LogP contribution is -2.47. The summed E-state index contributed by atoms with van der Waals surface area (Å²) < 4.78 is 5.25. The number of anilines is 1. The van der Waals surface area contributed by atoms with E-state index < -0.39 is 5.41 Å². The molecule has 1 aliphatic heterocycles. The Labute approximate surface area is 106 Å². The number of hydrogen-bond acceptors (Lipinski definition) is 4. The van der Waals surface area contributed by atoms with Crippen molar-refractivity contribution in [2.45, 2.75) is 19.6 Å². The summed E-state index contributed by atoms with van der Waals surface area (Å²) in [6.07, 6.45) is 0. The van der Waals surface area contributed by atoms with E-state index in [4.69, 9.17) is 15.6 Å². The molecule has 1 fully saturated rings. The Hall–Kier alpha value is -1.43. The lowest BCUT2D eigenvalue weighted by molar-refractivity contribution is -0.125. The molecule has 2 atom stereocenters. The van der Waals surface area contributed by atoms with Crippen molar-refractivity contribution in [3.63, 3.8) is 0 Å². The molecule has 5 heteroatoms. The van der Waals surface area contributed by atoms with Crippen LogP contribution < -0.4 is 11.1 Å². The largest absolute Gasteiger partial charge is 0.392 e. The summed E-state index contributed by atoms with van der Waals surface area (Å²) in [5.41, 5.74) is 6.71. The number of carbonyl (C=O) groups excluding carboxylic acids is 1. The van der Waals surface area contributed by atoms with Gasteiger partial charge in [-0.15, -0.1) is 0 Å². The van der Waals surface area contributed by atoms with Gasteiger partial charge in [0.1, 0.15) is 0 Å². The van der Waals surface area contributed by atoms with Gasteiger partial charge in [-0.3, -0.25) is 4.79 Å². The molecular weight excluding hydrogens is 232 g/mol. The van der Waals surface area contributed by atoms with Crippen molar-refractivity contribution < 1.29 is 14.6 Å². The maximum Gasteiger partial charge on any atom is 0.234 e. The van der Waals surface area contributed by atoms with Gasteiger partial charge in [0.05, 0.1) is 25.2 Å². The molecule has 0 bridgehead atoms. The molecule has 0 aromatic heterocycles. The number of amides is 1. The molecule has 2 unspecified atom stereocenters. The number of aliphatic hydroxyl groups is 1. The molecule has 1 aromatic rings. The van der Waals surface area contributed by atoms with Crippen molar-refractivity contribution in [1.82, 2.24) is 0 Å². The van der Waals surface area contributed by atoms with Gasteiger partial charge in [0, 0.05) is 11.7 Å². The zero-order valence-electron chi connectivity index (χ0n) is 10.3. The molecule has 0 spiro atoms. The molecule has 0 aliphatic carbocycles. The third kappa shape index (κ3) is 2.38. The number of hydrogen-bond donors (Lipinski definition) is 3. The van der Waals surface area contributed by atoms with Gasteiger partial charge in [-0.05, 0) is 24.6 Å². The van der Waals surface area contributed by atoms with Crippen LogP contribution in [0.4, 0.5) is 5.69 Å². The number of ether oxygens (including phenoxy) is 1. The smallest absolute Gasteiger partial charge is 0.234 e. The van der Waals surface area contributed by atoms with E-state index in [1.807, 2.05) is 6.92 Å². The monoisotopic (exact) mass is 250 g/mol. The Morgan fingerprint density at radius 1 is 1.56 bits per heavy atom. The number of carbonyl (C=O) groups is 1. The third-order valence-electron chi connectivity index (χ3n) is 3.43. The summed E-state index contributed by atoms with van der Waals surface area (Å²) in [6, 6.07) is 6.77. The van der Waals surface area contributed by atoms with E-state index in [-0.39, 0.29) is 18.6 Å². The van der Waals surface area contributed by atoms with Gasteiger partial charge in [-0.1, -0.05) is 12.1 Å². The van der Waals surface area contributed by atoms with Gasteiger partial charge < -0.3 is 20.9 Å². The van der Waals surface area contributed by atoms with E-state index in [0.717, 1.165) is 5.56 Å². The number of nitrogens with two attached hydrogens (primary N) is 1. The molecule has 1 heterocycles. The molecular formula is C13H18N2O3. The van der Waals surface area contributed by atoms with Crippen LogP contribution in [0.3, 0.4) is 0 Å². The first kappa shape index (κ1) is 13.0. The van der Waals surface area contributed by atoms with E-state index in [0.29, 0.717) is 18.9 Å². The first-order valence-electron chi connectivity index (χ1n) is 5.91. The number of rotatable bonds is 3. The predicted molar refractivity (Wildman–Crippen MR) is 67.9 cm³/mol.